The van der Waals surface area contributed by atoms with Crippen LogP contribution in [0.4, 0.5) is 0 Å². The minimum Gasteiger partial charge on any atom is -0.272 e. The van der Waals surface area contributed by atoms with Gasteiger partial charge in [-0.2, -0.15) is 5.10 Å². The smallest absolute Gasteiger partial charge is 0.267 e. The molecular formula is C31H26N4O2S2. The van der Waals surface area contributed by atoms with Crippen LogP contribution in [-0.4, -0.2) is 27.4 Å². The minimum absolute atomic E-state index is 0.0644. The number of benzene rings is 3. The van der Waals surface area contributed by atoms with Crippen molar-refractivity contribution in [3.63, 3.8) is 0 Å². The van der Waals surface area contributed by atoms with E-state index in [0.717, 1.165) is 63.8 Å². The molecule has 0 saturated carbocycles. The maximum Gasteiger partial charge on any atom is 0.267 e. The van der Waals surface area contributed by atoms with E-state index in [4.69, 9.17) is 4.98 Å². The molecule has 3 aromatic carbocycles. The van der Waals surface area contributed by atoms with Gasteiger partial charge in [0.05, 0.1) is 23.0 Å². The van der Waals surface area contributed by atoms with Gasteiger partial charge in [0.25, 0.3) is 11.5 Å². The number of fused-ring (bicyclic) bond motifs is 3. The SMILES string of the molecule is O=C(CSc1nc2sc3c(c2c(=O)n1-c1ccccc1)CCCC3)NN=Cc1ccc(-c2ccccc2)cc1. The van der Waals surface area contributed by atoms with E-state index >= 15 is 0 Å². The quantitative estimate of drug-likeness (QED) is 0.113. The Hall–Kier alpha value is -4.01. The van der Waals surface area contributed by atoms with Crippen LogP contribution in [0.5, 0.6) is 0 Å². The fraction of sp³-hybridized carbons (Fsp3) is 0.161. The summed E-state index contributed by atoms with van der Waals surface area (Å²) in [5.74, 6) is -0.184. The number of rotatable bonds is 7. The molecule has 8 heteroatoms. The van der Waals surface area contributed by atoms with E-state index in [1.807, 2.05) is 72.8 Å². The number of aryl methyl sites for hydroxylation is 2. The summed E-state index contributed by atoms with van der Waals surface area (Å²) < 4.78 is 1.64. The summed E-state index contributed by atoms with van der Waals surface area (Å²) in [5.41, 5.74) is 7.58. The summed E-state index contributed by atoms with van der Waals surface area (Å²) in [6.45, 7) is 0. The summed E-state index contributed by atoms with van der Waals surface area (Å²) in [5, 5.41) is 5.36. The molecule has 2 aromatic heterocycles. The van der Waals surface area contributed by atoms with Crippen LogP contribution in [0, 0.1) is 0 Å². The molecule has 1 amide bonds. The second-order valence-corrected chi connectivity index (χ2v) is 11.4. The molecule has 5 aromatic rings. The van der Waals surface area contributed by atoms with E-state index in [2.05, 4.69) is 22.7 Å². The van der Waals surface area contributed by atoms with Crippen LogP contribution in [-0.2, 0) is 17.6 Å². The lowest BCUT2D eigenvalue weighted by Gasteiger charge is -2.13. The van der Waals surface area contributed by atoms with E-state index in [1.165, 1.54) is 16.6 Å². The summed E-state index contributed by atoms with van der Waals surface area (Å²) in [4.78, 5) is 33.3. The normalized spacial score (nSPS) is 13.0. The first-order chi connectivity index (χ1) is 19.2. The van der Waals surface area contributed by atoms with Crippen molar-refractivity contribution in [2.24, 2.45) is 5.10 Å². The molecule has 1 aliphatic rings. The van der Waals surface area contributed by atoms with Gasteiger partial charge in [-0.15, -0.1) is 11.3 Å². The van der Waals surface area contributed by atoms with Crippen LogP contribution in [0.25, 0.3) is 27.0 Å². The van der Waals surface area contributed by atoms with Crippen LogP contribution < -0.4 is 11.0 Å². The molecule has 6 nitrogen and oxygen atoms in total. The number of thioether (sulfide) groups is 1. The van der Waals surface area contributed by atoms with Gasteiger partial charge < -0.3 is 0 Å². The predicted octanol–water partition coefficient (Wildman–Crippen LogP) is 6.24. The van der Waals surface area contributed by atoms with E-state index in [1.54, 1.807) is 22.1 Å². The van der Waals surface area contributed by atoms with Gasteiger partial charge in [0.15, 0.2) is 5.16 Å². The molecule has 1 aliphatic carbocycles. The van der Waals surface area contributed by atoms with Crippen molar-refractivity contribution in [3.8, 4) is 16.8 Å². The van der Waals surface area contributed by atoms with E-state index in [-0.39, 0.29) is 17.2 Å². The van der Waals surface area contributed by atoms with Crippen LogP contribution >= 0.6 is 23.1 Å². The Kier molecular flexibility index (Phi) is 7.38. The van der Waals surface area contributed by atoms with Crippen LogP contribution in [0.2, 0.25) is 0 Å². The number of carbonyl (C=O) groups is 1. The van der Waals surface area contributed by atoms with Gasteiger partial charge in [-0.05, 0) is 60.1 Å². The fourth-order valence-corrected chi connectivity index (χ4v) is 6.93. The molecule has 6 rings (SSSR count). The van der Waals surface area contributed by atoms with Gasteiger partial charge in [-0.25, -0.2) is 10.4 Å². The molecule has 2 heterocycles. The largest absolute Gasteiger partial charge is 0.272 e. The second-order valence-electron chi connectivity index (χ2n) is 9.33. The average molecular weight is 551 g/mol. The first kappa shape index (κ1) is 25.3. The van der Waals surface area contributed by atoms with Gasteiger partial charge in [-0.1, -0.05) is 84.6 Å². The summed E-state index contributed by atoms with van der Waals surface area (Å²) >= 11 is 2.86. The van der Waals surface area contributed by atoms with E-state index < -0.39 is 0 Å². The Morgan fingerprint density at radius 2 is 1.64 bits per heavy atom. The number of hydrogen-bond donors (Lipinski definition) is 1. The molecule has 0 saturated heterocycles. The van der Waals surface area contributed by atoms with Crippen molar-refractivity contribution < 1.29 is 4.79 Å². The molecule has 0 spiro atoms. The molecule has 0 atom stereocenters. The number of aromatic nitrogens is 2. The highest BCUT2D eigenvalue weighted by atomic mass is 32.2. The molecule has 1 N–H and O–H groups in total. The van der Waals surface area contributed by atoms with Crippen LogP contribution in [0.3, 0.4) is 0 Å². The Morgan fingerprint density at radius 3 is 2.41 bits per heavy atom. The fourth-order valence-electron chi connectivity index (χ4n) is 4.82. The highest BCUT2D eigenvalue weighted by molar-refractivity contribution is 7.99. The molecule has 0 fully saturated rings. The Morgan fingerprint density at radius 1 is 0.949 bits per heavy atom. The zero-order valence-corrected chi connectivity index (χ0v) is 22.8. The van der Waals surface area contributed by atoms with Gasteiger partial charge in [-0.3, -0.25) is 14.2 Å². The first-order valence-corrected chi connectivity index (χ1v) is 14.7. The number of para-hydroxylation sites is 1. The minimum atomic E-state index is -0.267. The van der Waals surface area contributed by atoms with Crippen molar-refractivity contribution in [1.82, 2.24) is 15.0 Å². The number of hydrazone groups is 1. The molecule has 0 aliphatic heterocycles. The highest BCUT2D eigenvalue weighted by Crippen LogP contribution is 2.35. The number of nitrogens with one attached hydrogen (secondary N) is 1. The van der Waals surface area contributed by atoms with Crippen molar-refractivity contribution in [1.29, 1.82) is 0 Å². The summed E-state index contributed by atoms with van der Waals surface area (Å²) in [6, 6.07) is 27.6. The van der Waals surface area contributed by atoms with Crippen molar-refractivity contribution in [2.45, 2.75) is 30.8 Å². The number of thiophene rings is 1. The maximum atomic E-state index is 13.8. The Bertz CT molecular complexity index is 1710. The predicted molar refractivity (Wildman–Crippen MR) is 160 cm³/mol. The Balaban J connectivity index is 1.18. The standard InChI is InChI=1S/C31H26N4O2S2/c36-27(34-32-19-21-15-17-23(18-16-21)22-9-3-1-4-10-22)20-38-31-33-29-28(25-13-7-8-14-26(25)39-29)30(37)35(31)24-11-5-2-6-12-24/h1-6,9-12,15-19H,7-8,13-14,20H2,(H,34,36). The van der Waals surface area contributed by atoms with Gasteiger partial charge in [0.1, 0.15) is 4.83 Å². The topological polar surface area (TPSA) is 76.3 Å². The van der Waals surface area contributed by atoms with Crippen molar-refractivity contribution in [2.75, 3.05) is 5.75 Å². The van der Waals surface area contributed by atoms with E-state index in [9.17, 15) is 9.59 Å². The van der Waals surface area contributed by atoms with Gasteiger partial charge in [0, 0.05) is 4.88 Å². The lowest BCUT2D eigenvalue weighted by atomic mass is 9.97. The number of nitrogens with zero attached hydrogens (tertiary/aromatic N) is 3. The zero-order valence-electron chi connectivity index (χ0n) is 21.2. The molecule has 0 unspecified atom stereocenters. The lowest BCUT2D eigenvalue weighted by Crippen LogP contribution is -2.24. The maximum absolute atomic E-state index is 13.8. The third kappa shape index (κ3) is 5.44. The van der Waals surface area contributed by atoms with E-state index in [0.29, 0.717) is 5.16 Å². The molecular weight excluding hydrogens is 525 g/mol. The van der Waals surface area contributed by atoms with Gasteiger partial charge >= 0.3 is 0 Å². The van der Waals surface area contributed by atoms with Crippen molar-refractivity contribution in [3.05, 3.63) is 111 Å². The monoisotopic (exact) mass is 550 g/mol. The molecule has 194 valence electrons. The highest BCUT2D eigenvalue weighted by Gasteiger charge is 2.23. The second kappa shape index (κ2) is 11.4. The summed E-state index contributed by atoms with van der Waals surface area (Å²) in [6.07, 6.45) is 5.78. The first-order valence-electron chi connectivity index (χ1n) is 12.9. The average Bonchev–Trinajstić information content (AvgIpc) is 3.36. The molecule has 0 radical (unpaired) electrons. The van der Waals surface area contributed by atoms with Crippen LogP contribution in [0.15, 0.2) is 100.0 Å². The third-order valence-electron chi connectivity index (χ3n) is 6.73. The summed E-state index contributed by atoms with van der Waals surface area (Å²) in [7, 11) is 0. The third-order valence-corrected chi connectivity index (χ3v) is 8.85. The number of amides is 1. The zero-order chi connectivity index (χ0) is 26.6. The molecule has 39 heavy (non-hydrogen) atoms. The van der Waals surface area contributed by atoms with Crippen LogP contribution in [0.1, 0.15) is 28.8 Å². The van der Waals surface area contributed by atoms with Crippen molar-refractivity contribution >= 4 is 45.4 Å². The number of carbonyl (C=O) groups excluding carboxylic acids is 1. The lowest BCUT2D eigenvalue weighted by molar-refractivity contribution is -0.118. The molecule has 0 bridgehead atoms. The number of hydrogen-bond acceptors (Lipinski definition) is 6. The van der Waals surface area contributed by atoms with Gasteiger partial charge in [0.2, 0.25) is 0 Å². The Labute approximate surface area is 234 Å².